The molecule has 1 aliphatic carbocycles. The molecule has 3 nitrogen and oxygen atoms in total. The van der Waals surface area contributed by atoms with Crippen LogP contribution < -0.4 is 5.32 Å². The van der Waals surface area contributed by atoms with Gasteiger partial charge >= 0.3 is 0 Å². The third kappa shape index (κ3) is 4.23. The maximum absolute atomic E-state index is 10.0. The second-order valence-corrected chi connectivity index (χ2v) is 5.97. The van der Waals surface area contributed by atoms with E-state index in [0.717, 1.165) is 25.3 Å². The Labute approximate surface area is 106 Å². The monoisotopic (exact) mass is 240 g/mol. The normalized spacial score (nSPS) is 33.5. The van der Waals surface area contributed by atoms with Crippen molar-refractivity contribution in [2.75, 3.05) is 26.7 Å². The summed E-state index contributed by atoms with van der Waals surface area (Å²) in [7, 11) is 2.21. The van der Waals surface area contributed by atoms with Gasteiger partial charge in [0, 0.05) is 6.04 Å². The molecule has 2 aliphatic rings. The van der Waals surface area contributed by atoms with Gasteiger partial charge in [-0.05, 0) is 58.3 Å². The minimum atomic E-state index is -0.108. The molecule has 0 aromatic rings. The van der Waals surface area contributed by atoms with Crippen LogP contribution in [-0.4, -0.2) is 48.8 Å². The van der Waals surface area contributed by atoms with Crippen LogP contribution in [-0.2, 0) is 0 Å². The molecule has 2 fully saturated rings. The lowest BCUT2D eigenvalue weighted by atomic mass is 9.96. The second kappa shape index (κ2) is 6.72. The van der Waals surface area contributed by atoms with Crippen molar-refractivity contribution in [1.29, 1.82) is 0 Å². The molecule has 2 unspecified atom stereocenters. The first-order chi connectivity index (χ1) is 8.25. The SMILES string of the molecule is CN1CCC(CNC2CCCCCC2O)CC1. The Morgan fingerprint density at radius 2 is 1.76 bits per heavy atom. The number of likely N-dealkylation sites (tertiary alicyclic amines) is 1. The van der Waals surface area contributed by atoms with Crippen LogP contribution in [0.25, 0.3) is 0 Å². The maximum Gasteiger partial charge on any atom is 0.0693 e. The first-order valence-electron chi connectivity index (χ1n) is 7.35. The zero-order valence-corrected chi connectivity index (χ0v) is 11.2. The van der Waals surface area contributed by atoms with Gasteiger partial charge in [-0.1, -0.05) is 19.3 Å². The summed E-state index contributed by atoms with van der Waals surface area (Å²) in [5.74, 6) is 0.821. The molecule has 0 bridgehead atoms. The van der Waals surface area contributed by atoms with Crippen LogP contribution in [0.1, 0.15) is 44.9 Å². The maximum atomic E-state index is 10.0. The predicted molar refractivity (Wildman–Crippen MR) is 71.1 cm³/mol. The van der Waals surface area contributed by atoms with Crippen molar-refractivity contribution in [3.63, 3.8) is 0 Å². The van der Waals surface area contributed by atoms with Gasteiger partial charge in [-0.25, -0.2) is 0 Å². The Balaban J connectivity index is 1.69. The molecule has 0 aromatic carbocycles. The summed E-state index contributed by atoms with van der Waals surface area (Å²) >= 11 is 0. The highest BCUT2D eigenvalue weighted by atomic mass is 16.3. The van der Waals surface area contributed by atoms with Gasteiger partial charge in [-0.2, -0.15) is 0 Å². The molecule has 100 valence electrons. The first kappa shape index (κ1) is 13.3. The molecule has 3 heteroatoms. The topological polar surface area (TPSA) is 35.5 Å². The van der Waals surface area contributed by atoms with Gasteiger partial charge in [0.25, 0.3) is 0 Å². The Morgan fingerprint density at radius 1 is 1.06 bits per heavy atom. The number of hydrogen-bond donors (Lipinski definition) is 2. The molecule has 1 saturated heterocycles. The van der Waals surface area contributed by atoms with Crippen LogP contribution in [0.15, 0.2) is 0 Å². The molecule has 17 heavy (non-hydrogen) atoms. The molecule has 0 aromatic heterocycles. The predicted octanol–water partition coefficient (Wildman–Crippen LogP) is 1.61. The zero-order valence-electron chi connectivity index (χ0n) is 11.2. The van der Waals surface area contributed by atoms with Gasteiger partial charge in [0.1, 0.15) is 0 Å². The molecule has 2 atom stereocenters. The van der Waals surface area contributed by atoms with E-state index in [1.807, 2.05) is 0 Å². The molecule has 2 rings (SSSR count). The number of aliphatic hydroxyl groups excluding tert-OH is 1. The van der Waals surface area contributed by atoms with E-state index in [1.165, 1.54) is 45.2 Å². The van der Waals surface area contributed by atoms with Crippen molar-refractivity contribution < 1.29 is 5.11 Å². The molecular formula is C14H28N2O. The molecule has 1 saturated carbocycles. The van der Waals surface area contributed by atoms with Crippen LogP contribution in [0.3, 0.4) is 0 Å². The standard InChI is InChI=1S/C14H28N2O/c1-16-9-7-12(8-10-16)11-15-13-5-3-2-4-6-14(13)17/h12-15,17H,2-11H2,1H3. The van der Waals surface area contributed by atoms with E-state index in [0.29, 0.717) is 6.04 Å². The summed E-state index contributed by atoms with van der Waals surface area (Å²) in [5, 5.41) is 13.7. The Kier molecular flexibility index (Phi) is 5.26. The fourth-order valence-corrected chi connectivity index (χ4v) is 3.11. The highest BCUT2D eigenvalue weighted by Gasteiger charge is 2.23. The number of piperidine rings is 1. The molecule has 1 aliphatic heterocycles. The molecule has 0 amide bonds. The second-order valence-electron chi connectivity index (χ2n) is 5.97. The lowest BCUT2D eigenvalue weighted by Crippen LogP contribution is -2.43. The van der Waals surface area contributed by atoms with Gasteiger partial charge in [-0.3, -0.25) is 0 Å². The lowest BCUT2D eigenvalue weighted by Gasteiger charge is -2.31. The number of nitrogens with zero attached hydrogens (tertiary/aromatic N) is 1. The minimum absolute atomic E-state index is 0.108. The highest BCUT2D eigenvalue weighted by molar-refractivity contribution is 4.81. The van der Waals surface area contributed by atoms with Crippen molar-refractivity contribution in [1.82, 2.24) is 10.2 Å². The van der Waals surface area contributed by atoms with Crippen LogP contribution in [0.2, 0.25) is 0 Å². The highest BCUT2D eigenvalue weighted by Crippen LogP contribution is 2.20. The van der Waals surface area contributed by atoms with Crippen molar-refractivity contribution in [2.45, 2.75) is 57.1 Å². The van der Waals surface area contributed by atoms with Crippen LogP contribution >= 0.6 is 0 Å². The average molecular weight is 240 g/mol. The molecule has 0 spiro atoms. The summed E-state index contributed by atoms with van der Waals surface area (Å²) in [5.41, 5.74) is 0. The third-order valence-corrected chi connectivity index (χ3v) is 4.49. The van der Waals surface area contributed by atoms with Gasteiger partial charge in [0.15, 0.2) is 0 Å². The first-order valence-corrected chi connectivity index (χ1v) is 7.35. The van der Waals surface area contributed by atoms with E-state index in [-0.39, 0.29) is 6.10 Å². The van der Waals surface area contributed by atoms with Gasteiger partial charge in [0.05, 0.1) is 6.10 Å². The van der Waals surface area contributed by atoms with E-state index in [1.54, 1.807) is 0 Å². The number of nitrogens with one attached hydrogen (secondary N) is 1. The summed E-state index contributed by atoms with van der Waals surface area (Å²) in [6.07, 6.45) is 8.44. The van der Waals surface area contributed by atoms with Crippen LogP contribution in [0, 0.1) is 5.92 Å². The minimum Gasteiger partial charge on any atom is -0.392 e. The van der Waals surface area contributed by atoms with Crippen molar-refractivity contribution in [3.05, 3.63) is 0 Å². The lowest BCUT2D eigenvalue weighted by molar-refractivity contribution is 0.113. The van der Waals surface area contributed by atoms with E-state index in [4.69, 9.17) is 0 Å². The van der Waals surface area contributed by atoms with Crippen molar-refractivity contribution in [3.8, 4) is 0 Å². The smallest absolute Gasteiger partial charge is 0.0693 e. The summed E-state index contributed by atoms with van der Waals surface area (Å²) in [6.45, 7) is 3.58. The largest absolute Gasteiger partial charge is 0.392 e. The Morgan fingerprint density at radius 3 is 2.53 bits per heavy atom. The molecule has 2 N–H and O–H groups in total. The van der Waals surface area contributed by atoms with Gasteiger partial charge < -0.3 is 15.3 Å². The van der Waals surface area contributed by atoms with E-state index < -0.39 is 0 Å². The Hall–Kier alpha value is -0.120. The van der Waals surface area contributed by atoms with Crippen LogP contribution in [0.4, 0.5) is 0 Å². The van der Waals surface area contributed by atoms with Gasteiger partial charge in [0.2, 0.25) is 0 Å². The number of hydrogen-bond acceptors (Lipinski definition) is 3. The summed E-state index contributed by atoms with van der Waals surface area (Å²) < 4.78 is 0. The fraction of sp³-hybridized carbons (Fsp3) is 1.00. The zero-order chi connectivity index (χ0) is 12.1. The quantitative estimate of drug-likeness (QED) is 0.736. The summed E-state index contributed by atoms with van der Waals surface area (Å²) in [6, 6.07) is 0.358. The molecule has 1 heterocycles. The van der Waals surface area contributed by atoms with Crippen molar-refractivity contribution >= 4 is 0 Å². The Bertz CT molecular complexity index is 214. The molecular weight excluding hydrogens is 212 g/mol. The number of rotatable bonds is 3. The van der Waals surface area contributed by atoms with Gasteiger partial charge in [-0.15, -0.1) is 0 Å². The van der Waals surface area contributed by atoms with Crippen LogP contribution in [0.5, 0.6) is 0 Å². The van der Waals surface area contributed by atoms with Crippen molar-refractivity contribution in [2.24, 2.45) is 5.92 Å². The third-order valence-electron chi connectivity index (χ3n) is 4.49. The van der Waals surface area contributed by atoms with E-state index in [2.05, 4.69) is 17.3 Å². The summed E-state index contributed by atoms with van der Waals surface area (Å²) in [4.78, 5) is 2.41. The average Bonchev–Trinajstić information content (AvgIpc) is 2.54. The van der Waals surface area contributed by atoms with E-state index in [9.17, 15) is 5.11 Å². The number of aliphatic hydroxyl groups is 1. The molecule has 0 radical (unpaired) electrons. The fourth-order valence-electron chi connectivity index (χ4n) is 3.11. The van der Waals surface area contributed by atoms with E-state index >= 15 is 0 Å².